The van der Waals surface area contributed by atoms with Crippen LogP contribution in [0.2, 0.25) is 0 Å². The Morgan fingerprint density at radius 3 is 2.25 bits per heavy atom. The number of rotatable bonds is 3. The van der Waals surface area contributed by atoms with Gasteiger partial charge in [0.05, 0.1) is 5.69 Å². The van der Waals surface area contributed by atoms with Crippen molar-refractivity contribution in [2.45, 2.75) is 0 Å². The van der Waals surface area contributed by atoms with Crippen molar-refractivity contribution in [3.63, 3.8) is 0 Å². The second-order valence-corrected chi connectivity index (χ2v) is 4.35. The highest BCUT2D eigenvalue weighted by Crippen LogP contribution is 2.24. The highest BCUT2D eigenvalue weighted by atomic mass is 32.1. The third kappa shape index (κ3) is 2.72. The van der Waals surface area contributed by atoms with Gasteiger partial charge in [0.1, 0.15) is 10.8 Å². The largest absolute Gasteiger partial charge is 0.389 e. The van der Waals surface area contributed by atoms with Gasteiger partial charge in [0, 0.05) is 11.3 Å². The number of benzene rings is 2. The molecule has 0 fully saturated rings. The molecule has 0 aliphatic carbocycles. The Bertz CT molecular complexity index is 688. The van der Waals surface area contributed by atoms with Gasteiger partial charge >= 0.3 is 0 Å². The van der Waals surface area contributed by atoms with E-state index in [1.165, 1.54) is 12.1 Å². The molecule has 0 atom stereocenters. The minimum Gasteiger partial charge on any atom is -0.389 e. The van der Waals surface area contributed by atoms with Crippen molar-refractivity contribution >= 4 is 28.6 Å². The molecule has 0 aliphatic heterocycles. The Hall–Kier alpha value is -2.15. The van der Waals surface area contributed by atoms with Gasteiger partial charge in [-0.15, -0.1) is 0 Å². The molecule has 3 N–H and O–H groups in total. The van der Waals surface area contributed by atoms with E-state index in [-0.39, 0.29) is 21.9 Å². The lowest BCUT2D eigenvalue weighted by atomic mass is 10.2. The molecule has 0 amide bonds. The van der Waals surface area contributed by atoms with Crippen molar-refractivity contribution in [2.75, 3.05) is 5.32 Å². The van der Waals surface area contributed by atoms with Gasteiger partial charge in [0.25, 0.3) is 0 Å². The molecule has 2 rings (SSSR count). The highest BCUT2D eigenvalue weighted by molar-refractivity contribution is 7.80. The Morgan fingerprint density at radius 1 is 0.950 bits per heavy atom. The first-order chi connectivity index (χ1) is 9.40. The second-order valence-electron chi connectivity index (χ2n) is 3.91. The second kappa shape index (κ2) is 5.46. The zero-order valence-electron chi connectivity index (χ0n) is 9.88. The molecule has 2 aromatic carbocycles. The van der Waals surface area contributed by atoms with Crippen LogP contribution in [0, 0.1) is 23.3 Å². The Morgan fingerprint density at radius 2 is 1.65 bits per heavy atom. The van der Waals surface area contributed by atoms with Crippen molar-refractivity contribution < 1.29 is 17.6 Å². The van der Waals surface area contributed by atoms with Gasteiger partial charge in [-0.05, 0) is 30.3 Å². The van der Waals surface area contributed by atoms with Crippen molar-refractivity contribution in [2.24, 2.45) is 5.73 Å². The van der Waals surface area contributed by atoms with Crippen LogP contribution in [0.5, 0.6) is 0 Å². The summed E-state index contributed by atoms with van der Waals surface area (Å²) in [4.78, 5) is -0.118. The summed E-state index contributed by atoms with van der Waals surface area (Å²) in [6.45, 7) is 0. The quantitative estimate of drug-likeness (QED) is 0.516. The number of thiocarbonyl (C=S) groups is 1. The van der Waals surface area contributed by atoms with Gasteiger partial charge in [0.2, 0.25) is 0 Å². The standard InChI is InChI=1S/C13H8F4N2S/c14-8-3-4-10(12(17)11(8)16)19-6-1-2-7(13(18)20)9(15)5-6/h1-5,19H,(H2,18,20). The Kier molecular flexibility index (Phi) is 3.89. The molecular formula is C13H8F4N2S. The molecule has 0 heterocycles. The monoisotopic (exact) mass is 300 g/mol. The first-order valence-electron chi connectivity index (χ1n) is 5.40. The predicted octanol–water partition coefficient (Wildman–Crippen LogP) is 3.62. The summed E-state index contributed by atoms with van der Waals surface area (Å²) in [7, 11) is 0. The van der Waals surface area contributed by atoms with Crippen molar-refractivity contribution in [1.82, 2.24) is 0 Å². The third-order valence-electron chi connectivity index (χ3n) is 2.55. The van der Waals surface area contributed by atoms with Gasteiger partial charge < -0.3 is 11.1 Å². The number of nitrogens with two attached hydrogens (primary N) is 1. The lowest BCUT2D eigenvalue weighted by Gasteiger charge is -2.10. The van der Waals surface area contributed by atoms with Crippen LogP contribution in [0.1, 0.15) is 5.56 Å². The zero-order chi connectivity index (χ0) is 14.9. The fourth-order valence-electron chi connectivity index (χ4n) is 1.57. The summed E-state index contributed by atoms with van der Waals surface area (Å²) >= 11 is 4.64. The lowest BCUT2D eigenvalue weighted by Crippen LogP contribution is -2.11. The molecular weight excluding hydrogens is 292 g/mol. The average molecular weight is 300 g/mol. The van der Waals surface area contributed by atoms with Crippen LogP contribution >= 0.6 is 12.2 Å². The smallest absolute Gasteiger partial charge is 0.196 e. The van der Waals surface area contributed by atoms with Gasteiger partial charge in [0.15, 0.2) is 17.5 Å². The molecule has 0 aliphatic rings. The maximum atomic E-state index is 13.6. The fraction of sp³-hybridized carbons (Fsp3) is 0. The Labute approximate surface area is 117 Å². The van der Waals surface area contributed by atoms with E-state index >= 15 is 0 Å². The lowest BCUT2D eigenvalue weighted by molar-refractivity contribution is 0.449. The summed E-state index contributed by atoms with van der Waals surface area (Å²) < 4.78 is 52.9. The number of nitrogens with one attached hydrogen (secondary N) is 1. The molecule has 0 saturated carbocycles. The molecule has 0 unspecified atom stereocenters. The molecule has 0 spiro atoms. The van der Waals surface area contributed by atoms with E-state index in [1.807, 2.05) is 0 Å². The highest BCUT2D eigenvalue weighted by Gasteiger charge is 2.14. The van der Waals surface area contributed by atoms with E-state index in [1.54, 1.807) is 0 Å². The molecule has 2 aromatic rings. The summed E-state index contributed by atoms with van der Waals surface area (Å²) in [5.74, 6) is -4.99. The van der Waals surface area contributed by atoms with Crippen LogP contribution in [0.3, 0.4) is 0 Å². The van der Waals surface area contributed by atoms with E-state index in [9.17, 15) is 17.6 Å². The van der Waals surface area contributed by atoms with Crippen LogP contribution < -0.4 is 11.1 Å². The minimum absolute atomic E-state index is 0.0382. The maximum Gasteiger partial charge on any atom is 0.196 e. The molecule has 0 aromatic heterocycles. The zero-order valence-corrected chi connectivity index (χ0v) is 10.7. The molecule has 0 radical (unpaired) electrons. The minimum atomic E-state index is -1.60. The molecule has 7 heteroatoms. The van der Waals surface area contributed by atoms with E-state index in [0.717, 1.165) is 18.2 Å². The fourth-order valence-corrected chi connectivity index (χ4v) is 1.74. The number of hydrogen-bond acceptors (Lipinski definition) is 2. The van der Waals surface area contributed by atoms with E-state index in [4.69, 9.17) is 5.73 Å². The van der Waals surface area contributed by atoms with Crippen molar-refractivity contribution in [1.29, 1.82) is 0 Å². The molecule has 2 nitrogen and oxygen atoms in total. The molecule has 0 saturated heterocycles. The first-order valence-corrected chi connectivity index (χ1v) is 5.81. The normalized spacial score (nSPS) is 10.4. The summed E-state index contributed by atoms with van der Waals surface area (Å²) in [5.41, 5.74) is 5.17. The van der Waals surface area contributed by atoms with Gasteiger partial charge in [-0.1, -0.05) is 12.2 Å². The topological polar surface area (TPSA) is 38.0 Å². The maximum absolute atomic E-state index is 13.6. The van der Waals surface area contributed by atoms with Gasteiger partial charge in [-0.25, -0.2) is 17.6 Å². The van der Waals surface area contributed by atoms with Crippen LogP contribution in [-0.4, -0.2) is 4.99 Å². The summed E-state index contributed by atoms with van der Waals surface area (Å²) in [6, 6.07) is 5.48. The summed E-state index contributed by atoms with van der Waals surface area (Å²) in [6.07, 6.45) is 0. The predicted molar refractivity (Wildman–Crippen MR) is 71.9 cm³/mol. The third-order valence-corrected chi connectivity index (χ3v) is 2.77. The number of hydrogen-bond donors (Lipinski definition) is 2. The van der Waals surface area contributed by atoms with Crippen LogP contribution in [0.25, 0.3) is 0 Å². The van der Waals surface area contributed by atoms with Crippen LogP contribution in [-0.2, 0) is 0 Å². The van der Waals surface area contributed by atoms with Crippen molar-refractivity contribution in [3.05, 3.63) is 59.2 Å². The molecule has 104 valence electrons. The molecule has 0 bridgehead atoms. The van der Waals surface area contributed by atoms with Crippen LogP contribution in [0.15, 0.2) is 30.3 Å². The number of halogens is 4. The number of anilines is 2. The van der Waals surface area contributed by atoms with Crippen molar-refractivity contribution in [3.8, 4) is 0 Å². The first kappa shape index (κ1) is 14.3. The van der Waals surface area contributed by atoms with Gasteiger partial charge in [-0.3, -0.25) is 0 Å². The summed E-state index contributed by atoms with van der Waals surface area (Å²) in [5, 5.41) is 2.44. The van der Waals surface area contributed by atoms with E-state index in [0.29, 0.717) is 0 Å². The average Bonchev–Trinajstić information content (AvgIpc) is 2.39. The van der Waals surface area contributed by atoms with E-state index < -0.39 is 23.3 Å². The Balaban J connectivity index is 2.34. The van der Waals surface area contributed by atoms with Gasteiger partial charge in [-0.2, -0.15) is 0 Å². The SMILES string of the molecule is NC(=S)c1ccc(Nc2ccc(F)c(F)c2F)cc1F. The molecule has 20 heavy (non-hydrogen) atoms. The van der Waals surface area contributed by atoms with E-state index in [2.05, 4.69) is 17.5 Å². The van der Waals surface area contributed by atoms with Crippen LogP contribution in [0.4, 0.5) is 28.9 Å².